The minimum Gasteiger partial charge on any atom is -0.478 e. The Kier molecular flexibility index (Phi) is 5.19. The summed E-state index contributed by atoms with van der Waals surface area (Å²) in [7, 11) is 1.30. The van der Waals surface area contributed by atoms with Gasteiger partial charge in [-0.15, -0.1) is 0 Å². The molecule has 0 atom stereocenters. The van der Waals surface area contributed by atoms with Crippen molar-refractivity contribution in [3.8, 4) is 11.3 Å². The number of aryl methyl sites for hydroxylation is 1. The molecular formula is C24H18N2O6. The van der Waals surface area contributed by atoms with E-state index in [1.165, 1.54) is 25.3 Å². The third-order valence-electron chi connectivity index (χ3n) is 5.12. The standard InChI is InChI=1S/C24H18N2O6/c1-14-8-9-15(23(29)30)12-18(14)20-11-10-17(32-20)13-19-21(27)25(2)24(31)26(22(19)28)16-6-4-3-5-7-16/h3-13H,1-2H3,(H,29,30)/b19-13+. The Labute approximate surface area is 183 Å². The molecule has 4 rings (SSSR count). The predicted octanol–water partition coefficient (Wildman–Crippen LogP) is 3.96. The largest absolute Gasteiger partial charge is 0.478 e. The van der Waals surface area contributed by atoms with Gasteiger partial charge in [0.1, 0.15) is 17.1 Å². The Morgan fingerprint density at radius 3 is 2.38 bits per heavy atom. The molecule has 4 amide bonds. The van der Waals surface area contributed by atoms with E-state index in [-0.39, 0.29) is 16.9 Å². The van der Waals surface area contributed by atoms with Crippen LogP contribution < -0.4 is 4.90 Å². The van der Waals surface area contributed by atoms with Gasteiger partial charge < -0.3 is 9.52 Å². The predicted molar refractivity (Wildman–Crippen MR) is 116 cm³/mol. The number of imide groups is 2. The molecule has 0 spiro atoms. The Morgan fingerprint density at radius 1 is 0.969 bits per heavy atom. The van der Waals surface area contributed by atoms with E-state index in [9.17, 15) is 24.3 Å². The van der Waals surface area contributed by atoms with Crippen LogP contribution in [-0.2, 0) is 9.59 Å². The fraction of sp³-hybridized carbons (Fsp3) is 0.0833. The molecule has 1 N–H and O–H groups in total. The third-order valence-corrected chi connectivity index (χ3v) is 5.12. The number of aromatic carboxylic acids is 1. The van der Waals surface area contributed by atoms with E-state index in [0.29, 0.717) is 17.0 Å². The number of nitrogens with zero attached hydrogens (tertiary/aromatic N) is 2. The molecular weight excluding hydrogens is 412 g/mol. The molecule has 1 aromatic heterocycles. The fourth-order valence-electron chi connectivity index (χ4n) is 3.38. The first-order valence-corrected chi connectivity index (χ1v) is 9.65. The van der Waals surface area contributed by atoms with Crippen molar-refractivity contribution in [2.24, 2.45) is 0 Å². The summed E-state index contributed by atoms with van der Waals surface area (Å²) in [4.78, 5) is 51.3. The molecule has 0 unspecified atom stereocenters. The number of rotatable bonds is 4. The molecule has 0 aliphatic carbocycles. The number of anilines is 1. The van der Waals surface area contributed by atoms with Gasteiger partial charge in [0.25, 0.3) is 11.8 Å². The molecule has 8 nitrogen and oxygen atoms in total. The molecule has 3 aromatic rings. The zero-order valence-corrected chi connectivity index (χ0v) is 17.2. The summed E-state index contributed by atoms with van der Waals surface area (Å²) in [6.07, 6.45) is 1.28. The zero-order valence-electron chi connectivity index (χ0n) is 17.2. The van der Waals surface area contributed by atoms with Crippen LogP contribution in [0.5, 0.6) is 0 Å². The van der Waals surface area contributed by atoms with E-state index in [0.717, 1.165) is 15.4 Å². The van der Waals surface area contributed by atoms with Crippen molar-refractivity contribution in [1.82, 2.24) is 4.90 Å². The summed E-state index contributed by atoms with van der Waals surface area (Å²) in [5.74, 6) is -1.96. The second kappa shape index (κ2) is 7.99. The molecule has 0 saturated carbocycles. The lowest BCUT2D eigenvalue weighted by Gasteiger charge is -2.31. The molecule has 2 aromatic carbocycles. The van der Waals surface area contributed by atoms with Crippen LogP contribution in [0.2, 0.25) is 0 Å². The van der Waals surface area contributed by atoms with Crippen molar-refractivity contribution < 1.29 is 28.7 Å². The van der Waals surface area contributed by atoms with Crippen LogP contribution in [0.3, 0.4) is 0 Å². The van der Waals surface area contributed by atoms with Crippen LogP contribution in [0.15, 0.2) is 70.7 Å². The highest BCUT2D eigenvalue weighted by Gasteiger charge is 2.41. The Balaban J connectivity index is 1.73. The molecule has 8 heteroatoms. The summed E-state index contributed by atoms with van der Waals surface area (Å²) in [6.45, 7) is 1.81. The molecule has 1 aliphatic heterocycles. The van der Waals surface area contributed by atoms with E-state index in [1.54, 1.807) is 48.5 Å². The van der Waals surface area contributed by atoms with Gasteiger partial charge in [0.15, 0.2) is 0 Å². The maximum Gasteiger partial charge on any atom is 0.338 e. The van der Waals surface area contributed by atoms with E-state index < -0.39 is 23.8 Å². The number of urea groups is 1. The quantitative estimate of drug-likeness (QED) is 0.496. The van der Waals surface area contributed by atoms with E-state index in [4.69, 9.17) is 4.42 Å². The van der Waals surface area contributed by atoms with Gasteiger partial charge in [0.05, 0.1) is 11.3 Å². The summed E-state index contributed by atoms with van der Waals surface area (Å²) < 4.78 is 5.79. The molecule has 160 valence electrons. The number of hydrogen-bond acceptors (Lipinski definition) is 5. The SMILES string of the molecule is Cc1ccc(C(=O)O)cc1-c1ccc(/C=C2\C(=O)N(C)C(=O)N(c3ccccc3)C2=O)o1. The lowest BCUT2D eigenvalue weighted by Crippen LogP contribution is -2.55. The zero-order chi connectivity index (χ0) is 23.0. The number of hydrogen-bond donors (Lipinski definition) is 1. The number of carboxylic acids is 1. The number of benzene rings is 2. The van der Waals surface area contributed by atoms with Crippen LogP contribution >= 0.6 is 0 Å². The van der Waals surface area contributed by atoms with Crippen molar-refractivity contribution in [3.63, 3.8) is 0 Å². The second-order valence-electron chi connectivity index (χ2n) is 7.22. The average molecular weight is 430 g/mol. The lowest BCUT2D eigenvalue weighted by molar-refractivity contribution is -0.128. The van der Waals surface area contributed by atoms with E-state index in [1.807, 2.05) is 6.92 Å². The molecule has 32 heavy (non-hydrogen) atoms. The topological polar surface area (TPSA) is 108 Å². The van der Waals surface area contributed by atoms with Crippen molar-refractivity contribution in [3.05, 3.63) is 83.1 Å². The monoisotopic (exact) mass is 430 g/mol. The summed E-state index contributed by atoms with van der Waals surface area (Å²) in [5, 5.41) is 9.24. The highest BCUT2D eigenvalue weighted by molar-refractivity contribution is 6.38. The van der Waals surface area contributed by atoms with Gasteiger partial charge in [-0.2, -0.15) is 0 Å². The van der Waals surface area contributed by atoms with Gasteiger partial charge in [-0.05, 0) is 55.0 Å². The van der Waals surface area contributed by atoms with Crippen molar-refractivity contribution in [1.29, 1.82) is 0 Å². The first kappa shape index (κ1) is 20.8. The second-order valence-corrected chi connectivity index (χ2v) is 7.22. The number of barbiturate groups is 1. The Morgan fingerprint density at radius 2 is 1.69 bits per heavy atom. The fourth-order valence-corrected chi connectivity index (χ4v) is 3.38. The number of carboxylic acid groups (broad SMARTS) is 1. The summed E-state index contributed by atoms with van der Waals surface area (Å²) in [6, 6.07) is 15.4. The number of carbonyl (C=O) groups is 4. The highest BCUT2D eigenvalue weighted by Crippen LogP contribution is 2.29. The van der Waals surface area contributed by atoms with E-state index in [2.05, 4.69) is 0 Å². The van der Waals surface area contributed by atoms with Crippen LogP contribution in [0.4, 0.5) is 10.5 Å². The number of carbonyl (C=O) groups excluding carboxylic acids is 3. The van der Waals surface area contributed by atoms with Gasteiger partial charge >= 0.3 is 12.0 Å². The number of furan rings is 1. The Hall–Kier alpha value is -4.46. The third kappa shape index (κ3) is 3.58. The Bertz CT molecular complexity index is 1290. The minimum absolute atomic E-state index is 0.109. The highest BCUT2D eigenvalue weighted by atomic mass is 16.4. The maximum absolute atomic E-state index is 13.0. The summed E-state index contributed by atoms with van der Waals surface area (Å²) in [5.41, 5.74) is 1.60. The van der Waals surface area contributed by atoms with Crippen molar-refractivity contribution in [2.75, 3.05) is 11.9 Å². The van der Waals surface area contributed by atoms with Crippen LogP contribution in [0.25, 0.3) is 17.4 Å². The first-order valence-electron chi connectivity index (χ1n) is 9.65. The van der Waals surface area contributed by atoms with Crippen molar-refractivity contribution >= 4 is 35.6 Å². The maximum atomic E-state index is 13.0. The van der Waals surface area contributed by atoms with Gasteiger partial charge in [-0.25, -0.2) is 14.5 Å². The van der Waals surface area contributed by atoms with Gasteiger partial charge in [0.2, 0.25) is 0 Å². The molecule has 1 fully saturated rings. The van der Waals surface area contributed by atoms with Crippen LogP contribution in [0.1, 0.15) is 21.7 Å². The molecule has 1 saturated heterocycles. The average Bonchev–Trinajstić information content (AvgIpc) is 3.25. The summed E-state index contributed by atoms with van der Waals surface area (Å²) >= 11 is 0. The van der Waals surface area contributed by atoms with Gasteiger partial charge in [-0.3, -0.25) is 14.5 Å². The molecule has 0 bridgehead atoms. The van der Waals surface area contributed by atoms with E-state index >= 15 is 0 Å². The smallest absolute Gasteiger partial charge is 0.338 e. The normalized spacial score (nSPS) is 15.6. The lowest BCUT2D eigenvalue weighted by atomic mass is 10.0. The molecule has 1 aliphatic rings. The number of likely N-dealkylation sites (N-methyl/N-ethyl adjacent to an activating group) is 1. The minimum atomic E-state index is -1.06. The molecule has 0 radical (unpaired) electrons. The molecule has 2 heterocycles. The van der Waals surface area contributed by atoms with Crippen molar-refractivity contribution in [2.45, 2.75) is 6.92 Å². The van der Waals surface area contributed by atoms with Gasteiger partial charge in [-0.1, -0.05) is 24.3 Å². The first-order chi connectivity index (χ1) is 15.3. The number of amides is 4. The number of para-hydroxylation sites is 1. The van der Waals surface area contributed by atoms with Crippen LogP contribution in [-0.4, -0.2) is 40.9 Å². The van der Waals surface area contributed by atoms with Crippen LogP contribution in [0, 0.1) is 6.92 Å². The van der Waals surface area contributed by atoms with Gasteiger partial charge in [0, 0.05) is 12.6 Å².